The maximum Gasteiger partial charge on any atom is 0.307 e. The normalized spacial score (nSPS) is 15.6. The van der Waals surface area contributed by atoms with Gasteiger partial charge in [0, 0.05) is 19.8 Å². The smallest absolute Gasteiger partial charge is 0.307 e. The van der Waals surface area contributed by atoms with Crippen molar-refractivity contribution in [2.75, 3.05) is 26.4 Å². The summed E-state index contributed by atoms with van der Waals surface area (Å²) in [6.07, 6.45) is -0.285. The van der Waals surface area contributed by atoms with Crippen molar-refractivity contribution in [2.45, 2.75) is 36.6 Å². The molecule has 184 valence electrons. The highest BCUT2D eigenvalue weighted by atomic mass is 32.2. The first-order chi connectivity index (χ1) is 16.2. The second-order valence-corrected chi connectivity index (χ2v) is 9.61. The lowest BCUT2D eigenvalue weighted by molar-refractivity contribution is -0.148. The summed E-state index contributed by atoms with van der Waals surface area (Å²) in [5.41, 5.74) is 1.31. The highest BCUT2D eigenvalue weighted by molar-refractivity contribution is 7.89. The molecule has 0 spiro atoms. The number of hydrogen-bond acceptors (Lipinski definition) is 7. The van der Waals surface area contributed by atoms with Crippen molar-refractivity contribution in [3.05, 3.63) is 54.3 Å². The van der Waals surface area contributed by atoms with E-state index in [2.05, 4.69) is 0 Å². The number of carbonyl (C=O) groups excluding carboxylic acids is 2. The summed E-state index contributed by atoms with van der Waals surface area (Å²) in [5, 5.41) is 9.40. The molecule has 3 rings (SSSR count). The molecule has 1 amide bonds. The van der Waals surface area contributed by atoms with Crippen LogP contribution in [0.5, 0.6) is 0 Å². The van der Waals surface area contributed by atoms with E-state index in [4.69, 9.17) is 9.47 Å². The summed E-state index contributed by atoms with van der Waals surface area (Å²) in [7, 11) is -4.29. The Morgan fingerprint density at radius 3 is 2.18 bits per heavy atom. The predicted molar refractivity (Wildman–Crippen MR) is 120 cm³/mol. The molecular formula is C23H27FN2O7S. The van der Waals surface area contributed by atoms with Gasteiger partial charge in [0.1, 0.15) is 11.4 Å². The van der Waals surface area contributed by atoms with Crippen molar-refractivity contribution in [1.29, 1.82) is 0 Å². The molecule has 0 saturated carbocycles. The van der Waals surface area contributed by atoms with Gasteiger partial charge < -0.3 is 9.47 Å². The van der Waals surface area contributed by atoms with Crippen LogP contribution in [0.3, 0.4) is 0 Å². The first-order valence-electron chi connectivity index (χ1n) is 10.8. The Bertz CT molecular complexity index is 1100. The van der Waals surface area contributed by atoms with Crippen LogP contribution in [0.4, 0.5) is 4.39 Å². The zero-order valence-corrected chi connectivity index (χ0v) is 19.5. The van der Waals surface area contributed by atoms with Crippen molar-refractivity contribution < 1.29 is 37.1 Å². The minimum atomic E-state index is -4.29. The van der Waals surface area contributed by atoms with Crippen molar-refractivity contribution in [2.24, 2.45) is 0 Å². The number of hydrogen-bond donors (Lipinski definition) is 2. The monoisotopic (exact) mass is 494 g/mol. The van der Waals surface area contributed by atoms with Crippen LogP contribution in [-0.2, 0) is 29.1 Å². The van der Waals surface area contributed by atoms with E-state index in [0.717, 1.165) is 4.31 Å². The average molecular weight is 495 g/mol. The molecule has 1 fully saturated rings. The Balaban J connectivity index is 2.00. The van der Waals surface area contributed by atoms with Gasteiger partial charge in [-0.3, -0.25) is 14.8 Å². The number of nitrogens with one attached hydrogen (secondary N) is 1. The van der Waals surface area contributed by atoms with Crippen LogP contribution < -0.4 is 5.48 Å². The summed E-state index contributed by atoms with van der Waals surface area (Å²) >= 11 is 0. The third kappa shape index (κ3) is 5.44. The predicted octanol–water partition coefficient (Wildman–Crippen LogP) is 2.49. The number of sulfonamides is 1. The van der Waals surface area contributed by atoms with E-state index in [1.807, 2.05) is 0 Å². The van der Waals surface area contributed by atoms with E-state index in [9.17, 15) is 27.6 Å². The van der Waals surface area contributed by atoms with Crippen LogP contribution in [0.1, 0.15) is 26.2 Å². The van der Waals surface area contributed by atoms with E-state index in [1.54, 1.807) is 36.7 Å². The van der Waals surface area contributed by atoms with Gasteiger partial charge in [-0.2, -0.15) is 4.31 Å². The van der Waals surface area contributed by atoms with Crippen LogP contribution >= 0.6 is 0 Å². The highest BCUT2D eigenvalue weighted by Crippen LogP contribution is 2.34. The Kier molecular flexibility index (Phi) is 8.37. The summed E-state index contributed by atoms with van der Waals surface area (Å²) in [5.74, 6) is -1.89. The Morgan fingerprint density at radius 2 is 1.65 bits per heavy atom. The van der Waals surface area contributed by atoms with E-state index in [-0.39, 0.29) is 56.3 Å². The van der Waals surface area contributed by atoms with Crippen molar-refractivity contribution in [1.82, 2.24) is 9.79 Å². The summed E-state index contributed by atoms with van der Waals surface area (Å²) < 4.78 is 51.9. The topological polar surface area (TPSA) is 122 Å². The second kappa shape index (κ2) is 11.0. The molecule has 1 saturated heterocycles. The fraction of sp³-hybridized carbons (Fsp3) is 0.391. The fourth-order valence-electron chi connectivity index (χ4n) is 3.98. The van der Waals surface area contributed by atoms with E-state index in [0.29, 0.717) is 11.1 Å². The molecule has 0 aromatic heterocycles. The van der Waals surface area contributed by atoms with E-state index < -0.39 is 27.4 Å². The Hall–Kier alpha value is -2.86. The first-order valence-corrected chi connectivity index (χ1v) is 12.3. The fourth-order valence-corrected chi connectivity index (χ4v) is 5.77. The Labute approximate surface area is 197 Å². The zero-order valence-electron chi connectivity index (χ0n) is 18.7. The molecule has 0 aliphatic carbocycles. The van der Waals surface area contributed by atoms with E-state index >= 15 is 0 Å². The lowest BCUT2D eigenvalue weighted by Gasteiger charge is -2.43. The maximum atomic E-state index is 13.7. The van der Waals surface area contributed by atoms with Crippen LogP contribution in [0, 0.1) is 5.82 Å². The molecule has 0 unspecified atom stereocenters. The van der Waals surface area contributed by atoms with Crippen LogP contribution in [0.2, 0.25) is 0 Å². The van der Waals surface area contributed by atoms with Crippen molar-refractivity contribution in [3.8, 4) is 11.1 Å². The summed E-state index contributed by atoms with van der Waals surface area (Å²) in [4.78, 5) is 24.7. The number of halogens is 1. The molecule has 1 heterocycles. The molecule has 2 aromatic rings. The number of esters is 1. The van der Waals surface area contributed by atoms with Gasteiger partial charge in [0.15, 0.2) is 0 Å². The molecule has 0 bridgehead atoms. The minimum absolute atomic E-state index is 0.00485. The van der Waals surface area contributed by atoms with Gasteiger partial charge in [-0.1, -0.05) is 24.3 Å². The van der Waals surface area contributed by atoms with Gasteiger partial charge in [0.25, 0.3) is 5.91 Å². The molecule has 2 aromatic carbocycles. The van der Waals surface area contributed by atoms with Crippen LogP contribution in [-0.4, -0.2) is 61.7 Å². The molecule has 1 aliphatic heterocycles. The lowest BCUT2D eigenvalue weighted by atomic mass is 9.89. The van der Waals surface area contributed by atoms with Crippen LogP contribution in [0.25, 0.3) is 11.1 Å². The summed E-state index contributed by atoms with van der Waals surface area (Å²) in [6.45, 7) is 1.64. The SMILES string of the molecule is CCOC(=O)CCN(C1(C(=O)NO)CCOCC1)S(=O)(=O)c1ccc(-c2ccc(F)cc2)cc1. The van der Waals surface area contributed by atoms with Gasteiger partial charge >= 0.3 is 5.97 Å². The van der Waals surface area contributed by atoms with Crippen LogP contribution in [0.15, 0.2) is 53.4 Å². The molecule has 9 nitrogen and oxygen atoms in total. The third-order valence-corrected chi connectivity index (χ3v) is 7.75. The van der Waals surface area contributed by atoms with Gasteiger partial charge in [-0.15, -0.1) is 0 Å². The number of amides is 1. The number of ether oxygens (including phenoxy) is 2. The average Bonchev–Trinajstić information content (AvgIpc) is 2.84. The maximum absolute atomic E-state index is 13.7. The minimum Gasteiger partial charge on any atom is -0.466 e. The lowest BCUT2D eigenvalue weighted by Crippen LogP contribution is -2.62. The number of benzene rings is 2. The molecular weight excluding hydrogens is 467 g/mol. The molecule has 0 atom stereocenters. The number of hydroxylamine groups is 1. The summed E-state index contributed by atoms with van der Waals surface area (Å²) in [6, 6.07) is 11.7. The quantitative estimate of drug-likeness (QED) is 0.312. The number of nitrogens with zero attached hydrogens (tertiary/aromatic N) is 1. The van der Waals surface area contributed by atoms with Crippen molar-refractivity contribution in [3.63, 3.8) is 0 Å². The number of carbonyl (C=O) groups is 2. The molecule has 11 heteroatoms. The van der Waals surface area contributed by atoms with Gasteiger partial charge in [-0.25, -0.2) is 18.3 Å². The second-order valence-electron chi connectivity index (χ2n) is 7.75. The molecule has 2 N–H and O–H groups in total. The molecule has 0 radical (unpaired) electrons. The van der Waals surface area contributed by atoms with Gasteiger partial charge in [0.05, 0.1) is 17.9 Å². The van der Waals surface area contributed by atoms with Gasteiger partial charge in [0.2, 0.25) is 10.0 Å². The zero-order chi connectivity index (χ0) is 24.8. The third-order valence-electron chi connectivity index (χ3n) is 5.77. The van der Waals surface area contributed by atoms with Crippen molar-refractivity contribution >= 4 is 21.9 Å². The standard InChI is InChI=1S/C23H27FN2O7S/c1-2-33-21(27)11-14-26(23(22(28)25-29)12-15-32-16-13-23)34(30,31)20-9-5-18(6-10-20)17-3-7-19(24)8-4-17/h3-10,29H,2,11-16H2,1H3,(H,25,28). The molecule has 1 aliphatic rings. The Morgan fingerprint density at radius 1 is 1.09 bits per heavy atom. The molecule has 34 heavy (non-hydrogen) atoms. The highest BCUT2D eigenvalue weighted by Gasteiger charge is 2.50. The van der Waals surface area contributed by atoms with E-state index in [1.165, 1.54) is 24.3 Å². The van der Waals surface area contributed by atoms with Gasteiger partial charge in [-0.05, 0) is 55.2 Å². The first kappa shape index (κ1) is 25.8. The number of rotatable bonds is 9. The largest absolute Gasteiger partial charge is 0.466 e.